The number of rotatable bonds is 6. The van der Waals surface area contributed by atoms with E-state index >= 15 is 0 Å². The Balaban J connectivity index is 0.00000144. The van der Waals surface area contributed by atoms with Crippen molar-refractivity contribution in [1.29, 1.82) is 0 Å². The van der Waals surface area contributed by atoms with Crippen LogP contribution in [0.5, 0.6) is 0 Å². The number of furan rings is 1. The van der Waals surface area contributed by atoms with Gasteiger partial charge in [-0.3, -0.25) is 4.79 Å². The van der Waals surface area contributed by atoms with Gasteiger partial charge in [0.1, 0.15) is 5.58 Å². The molecule has 0 spiro atoms. The number of hydrogen-bond acceptors (Lipinski definition) is 4. The molecule has 3 rings (SSSR count). The molecule has 1 unspecified atom stereocenters. The molecule has 1 atom stereocenters. The molecule has 1 heterocycles. The van der Waals surface area contributed by atoms with Gasteiger partial charge in [-0.05, 0) is 38.9 Å². The quantitative estimate of drug-likeness (QED) is 0.816. The lowest BCUT2D eigenvalue weighted by Crippen LogP contribution is -2.38. The Labute approximate surface area is 154 Å². The molecular weight excluding hydrogens is 349 g/mol. The van der Waals surface area contributed by atoms with Crippen LogP contribution in [0.1, 0.15) is 29.0 Å². The molecule has 1 aromatic carbocycles. The van der Waals surface area contributed by atoms with E-state index in [1.807, 2.05) is 43.3 Å². The number of amides is 1. The molecule has 2 aromatic rings. The summed E-state index contributed by atoms with van der Waals surface area (Å²) in [6, 6.07) is 7.80. The van der Waals surface area contributed by atoms with Gasteiger partial charge in [0.15, 0.2) is 5.76 Å². The number of para-hydroxylation sites is 1. The second-order valence-corrected chi connectivity index (χ2v) is 6.35. The van der Waals surface area contributed by atoms with E-state index in [2.05, 4.69) is 5.32 Å². The van der Waals surface area contributed by atoms with Crippen molar-refractivity contribution in [2.45, 2.75) is 25.4 Å². The molecule has 0 bridgehead atoms. The van der Waals surface area contributed by atoms with Crippen LogP contribution in [0.3, 0.4) is 0 Å². The topological polar surface area (TPSA) is 71.5 Å². The van der Waals surface area contributed by atoms with Crippen LogP contribution in [-0.2, 0) is 6.54 Å². The summed E-state index contributed by atoms with van der Waals surface area (Å²) in [4.78, 5) is 14.5. The lowest BCUT2D eigenvalue weighted by Gasteiger charge is -2.12. The second-order valence-electron chi connectivity index (χ2n) is 6.35. The van der Waals surface area contributed by atoms with E-state index < -0.39 is 0 Å². The number of nitrogens with two attached hydrogens (primary N) is 1. The largest absolute Gasteiger partial charge is 0.451 e. The summed E-state index contributed by atoms with van der Waals surface area (Å²) in [5.41, 5.74) is 7.72. The monoisotopic (exact) mass is 373 g/mol. The number of benzene rings is 1. The van der Waals surface area contributed by atoms with Crippen molar-refractivity contribution in [3.05, 3.63) is 35.6 Å². The first kappa shape index (κ1) is 20.8. The van der Waals surface area contributed by atoms with E-state index in [0.717, 1.165) is 16.5 Å². The molecule has 0 aliphatic heterocycles. The van der Waals surface area contributed by atoms with Gasteiger partial charge in [0.25, 0.3) is 5.91 Å². The van der Waals surface area contributed by atoms with Crippen LogP contribution in [0.15, 0.2) is 28.7 Å². The van der Waals surface area contributed by atoms with E-state index in [1.54, 1.807) is 0 Å². The zero-order valence-electron chi connectivity index (χ0n) is 14.0. The molecular formula is C17H25Cl2N3O2. The smallest absolute Gasteiger partial charge is 0.287 e. The van der Waals surface area contributed by atoms with Crippen molar-refractivity contribution in [2.75, 3.05) is 20.6 Å². The molecule has 1 saturated carbocycles. The number of carbonyl (C=O) groups excluding carboxylic acids is 1. The highest BCUT2D eigenvalue weighted by atomic mass is 35.5. The van der Waals surface area contributed by atoms with Crippen molar-refractivity contribution in [2.24, 2.45) is 11.7 Å². The van der Waals surface area contributed by atoms with E-state index in [0.29, 0.717) is 24.8 Å². The number of nitrogens with one attached hydrogen (secondary N) is 1. The molecule has 1 aliphatic rings. The Hall–Kier alpha value is -1.27. The lowest BCUT2D eigenvalue weighted by atomic mass is 10.1. The van der Waals surface area contributed by atoms with Crippen LogP contribution in [0.4, 0.5) is 0 Å². The molecule has 1 fully saturated rings. The zero-order valence-corrected chi connectivity index (χ0v) is 15.6. The first-order chi connectivity index (χ1) is 10.6. The number of halogens is 2. The van der Waals surface area contributed by atoms with Crippen LogP contribution in [0.2, 0.25) is 0 Å². The van der Waals surface area contributed by atoms with Gasteiger partial charge in [0.05, 0.1) is 0 Å². The van der Waals surface area contributed by atoms with Crippen molar-refractivity contribution < 1.29 is 9.21 Å². The van der Waals surface area contributed by atoms with Gasteiger partial charge in [0, 0.05) is 30.1 Å². The minimum absolute atomic E-state index is 0. The fraction of sp³-hybridized carbons (Fsp3) is 0.471. The third-order valence-electron chi connectivity index (χ3n) is 4.10. The average molecular weight is 374 g/mol. The predicted molar refractivity (Wildman–Crippen MR) is 101 cm³/mol. The lowest BCUT2D eigenvalue weighted by molar-refractivity contribution is 0.0922. The van der Waals surface area contributed by atoms with Crippen LogP contribution >= 0.6 is 24.8 Å². The summed E-state index contributed by atoms with van der Waals surface area (Å²) in [5, 5.41) is 3.91. The Kier molecular flexibility index (Phi) is 7.55. The molecule has 3 N–H and O–H groups in total. The maximum absolute atomic E-state index is 12.5. The molecule has 0 saturated heterocycles. The van der Waals surface area contributed by atoms with Crippen molar-refractivity contribution in [3.63, 3.8) is 0 Å². The molecule has 7 heteroatoms. The Morgan fingerprint density at radius 3 is 2.62 bits per heavy atom. The van der Waals surface area contributed by atoms with E-state index in [-0.39, 0.29) is 36.8 Å². The van der Waals surface area contributed by atoms with Gasteiger partial charge in [-0.25, -0.2) is 0 Å². The summed E-state index contributed by atoms with van der Waals surface area (Å²) in [6.45, 7) is 1.16. The van der Waals surface area contributed by atoms with Crippen LogP contribution < -0.4 is 11.1 Å². The summed E-state index contributed by atoms with van der Waals surface area (Å²) < 4.78 is 5.79. The first-order valence-corrected chi connectivity index (χ1v) is 7.75. The van der Waals surface area contributed by atoms with Gasteiger partial charge in [-0.15, -0.1) is 24.8 Å². The molecule has 5 nitrogen and oxygen atoms in total. The minimum Gasteiger partial charge on any atom is -0.451 e. The summed E-state index contributed by atoms with van der Waals surface area (Å²) in [5.74, 6) is 0.791. The van der Waals surface area contributed by atoms with E-state index in [9.17, 15) is 4.79 Å². The molecule has 0 radical (unpaired) electrons. The Morgan fingerprint density at radius 2 is 2.00 bits per heavy atom. The minimum atomic E-state index is -0.177. The van der Waals surface area contributed by atoms with Gasteiger partial charge >= 0.3 is 0 Å². The fourth-order valence-electron chi connectivity index (χ4n) is 2.74. The third-order valence-corrected chi connectivity index (χ3v) is 4.10. The van der Waals surface area contributed by atoms with Crippen molar-refractivity contribution in [1.82, 2.24) is 10.2 Å². The molecule has 1 aliphatic carbocycles. The Bertz CT molecular complexity index is 684. The van der Waals surface area contributed by atoms with Gasteiger partial charge in [-0.1, -0.05) is 18.2 Å². The number of carbonyl (C=O) groups is 1. The average Bonchev–Trinajstić information content (AvgIpc) is 3.28. The van der Waals surface area contributed by atoms with E-state index in [4.69, 9.17) is 10.2 Å². The van der Waals surface area contributed by atoms with Gasteiger partial charge in [0.2, 0.25) is 0 Å². The summed E-state index contributed by atoms with van der Waals surface area (Å²) >= 11 is 0. The van der Waals surface area contributed by atoms with Crippen LogP contribution in [0, 0.1) is 5.92 Å². The highest BCUT2D eigenvalue weighted by Gasteiger charge is 2.29. The highest BCUT2D eigenvalue weighted by Crippen LogP contribution is 2.31. The van der Waals surface area contributed by atoms with Crippen molar-refractivity contribution in [3.8, 4) is 0 Å². The van der Waals surface area contributed by atoms with Gasteiger partial charge in [-0.2, -0.15) is 0 Å². The number of nitrogens with zero attached hydrogens (tertiary/aromatic N) is 1. The zero-order chi connectivity index (χ0) is 15.7. The summed E-state index contributed by atoms with van der Waals surface area (Å²) in [6.07, 6.45) is 2.35. The highest BCUT2D eigenvalue weighted by molar-refractivity contribution is 5.99. The number of hydrogen-bond donors (Lipinski definition) is 2. The van der Waals surface area contributed by atoms with Crippen molar-refractivity contribution >= 4 is 41.7 Å². The Morgan fingerprint density at radius 1 is 1.33 bits per heavy atom. The fourth-order valence-corrected chi connectivity index (χ4v) is 2.74. The van der Waals surface area contributed by atoms with Crippen LogP contribution in [-0.4, -0.2) is 37.5 Å². The molecule has 1 amide bonds. The standard InChI is InChI=1S/C17H23N3O2.2ClH/c1-20(2)10-13-12-5-3-4-6-15(12)22-16(13)17(21)19-9-14(18)11-7-8-11;;/h3-6,11,14H,7-10,18H2,1-2H3,(H,19,21);2*1H. The molecule has 1 aromatic heterocycles. The molecule has 134 valence electrons. The van der Waals surface area contributed by atoms with E-state index in [1.165, 1.54) is 12.8 Å². The SMILES string of the molecule is CN(C)Cc1c(C(=O)NCC(N)C2CC2)oc2ccccc12.Cl.Cl. The third kappa shape index (κ3) is 4.63. The predicted octanol–water partition coefficient (Wildman–Crippen LogP) is 2.81. The number of fused-ring (bicyclic) bond motifs is 1. The molecule has 24 heavy (non-hydrogen) atoms. The maximum atomic E-state index is 12.5. The summed E-state index contributed by atoms with van der Waals surface area (Å²) in [7, 11) is 3.96. The first-order valence-electron chi connectivity index (χ1n) is 7.75. The maximum Gasteiger partial charge on any atom is 0.287 e. The van der Waals surface area contributed by atoms with Gasteiger partial charge < -0.3 is 20.4 Å². The second kappa shape index (κ2) is 8.72. The normalized spacial score (nSPS) is 14.8. The van der Waals surface area contributed by atoms with Crippen LogP contribution in [0.25, 0.3) is 11.0 Å².